The molecule has 1 heteroatoms. The second kappa shape index (κ2) is 5.80. The zero-order chi connectivity index (χ0) is 7.11. The molecule has 0 aromatic carbocycles. The SMILES string of the molecule is CCCC[C@H]([C]=O)CC. The molecule has 0 rings (SSSR count). The van der Waals surface area contributed by atoms with Crippen molar-refractivity contribution in [3.8, 4) is 0 Å². The fourth-order valence-corrected chi connectivity index (χ4v) is 0.797. The van der Waals surface area contributed by atoms with E-state index in [1.165, 1.54) is 6.42 Å². The highest BCUT2D eigenvalue weighted by atomic mass is 16.1. The van der Waals surface area contributed by atoms with Gasteiger partial charge in [-0.2, -0.15) is 0 Å². The van der Waals surface area contributed by atoms with Crippen molar-refractivity contribution in [3.63, 3.8) is 0 Å². The highest BCUT2D eigenvalue weighted by molar-refractivity contribution is 5.54. The molecule has 0 aromatic heterocycles. The topological polar surface area (TPSA) is 17.1 Å². The Morgan fingerprint density at radius 1 is 1.44 bits per heavy atom. The second-order valence-corrected chi connectivity index (χ2v) is 2.37. The minimum atomic E-state index is 0.199. The molecule has 1 atom stereocenters. The lowest BCUT2D eigenvalue weighted by Crippen LogP contribution is -1.98. The van der Waals surface area contributed by atoms with E-state index >= 15 is 0 Å². The number of unbranched alkanes of at least 4 members (excludes halogenated alkanes) is 1. The molecular formula is C8H15O. The van der Waals surface area contributed by atoms with Crippen molar-refractivity contribution in [1.29, 1.82) is 0 Å². The summed E-state index contributed by atoms with van der Waals surface area (Å²) in [5, 5.41) is 0. The van der Waals surface area contributed by atoms with Crippen molar-refractivity contribution in [1.82, 2.24) is 0 Å². The van der Waals surface area contributed by atoms with E-state index in [1.54, 1.807) is 0 Å². The Bertz CT molecular complexity index is 69.0. The third-order valence-electron chi connectivity index (χ3n) is 1.57. The van der Waals surface area contributed by atoms with Crippen molar-refractivity contribution >= 4 is 6.29 Å². The first-order chi connectivity index (χ1) is 4.35. The van der Waals surface area contributed by atoms with E-state index in [0.29, 0.717) is 0 Å². The first-order valence-corrected chi connectivity index (χ1v) is 3.72. The zero-order valence-corrected chi connectivity index (χ0v) is 6.31. The van der Waals surface area contributed by atoms with Crippen LogP contribution in [-0.4, -0.2) is 6.29 Å². The van der Waals surface area contributed by atoms with Crippen LogP contribution in [0.25, 0.3) is 0 Å². The van der Waals surface area contributed by atoms with Crippen LogP contribution in [0.2, 0.25) is 0 Å². The second-order valence-electron chi connectivity index (χ2n) is 2.37. The maximum absolute atomic E-state index is 10.1. The Kier molecular flexibility index (Phi) is 5.59. The summed E-state index contributed by atoms with van der Waals surface area (Å²) < 4.78 is 0. The van der Waals surface area contributed by atoms with Crippen LogP contribution in [0, 0.1) is 5.92 Å². The van der Waals surface area contributed by atoms with Gasteiger partial charge in [0, 0.05) is 5.92 Å². The first kappa shape index (κ1) is 8.67. The van der Waals surface area contributed by atoms with Crippen molar-refractivity contribution < 1.29 is 4.79 Å². The highest BCUT2D eigenvalue weighted by Crippen LogP contribution is 2.08. The Hall–Kier alpha value is -0.330. The molecule has 53 valence electrons. The van der Waals surface area contributed by atoms with Gasteiger partial charge in [-0.05, 0) is 12.8 Å². The lowest BCUT2D eigenvalue weighted by atomic mass is 10.0. The predicted molar refractivity (Wildman–Crippen MR) is 39.0 cm³/mol. The van der Waals surface area contributed by atoms with Crippen molar-refractivity contribution in [2.45, 2.75) is 39.5 Å². The number of carbonyl (C=O) groups excluding carboxylic acids is 1. The summed E-state index contributed by atoms with van der Waals surface area (Å²) >= 11 is 0. The van der Waals surface area contributed by atoms with Crippen LogP contribution in [-0.2, 0) is 4.79 Å². The fourth-order valence-electron chi connectivity index (χ4n) is 0.797. The van der Waals surface area contributed by atoms with E-state index in [4.69, 9.17) is 0 Å². The third-order valence-corrected chi connectivity index (χ3v) is 1.57. The van der Waals surface area contributed by atoms with Crippen molar-refractivity contribution in [2.75, 3.05) is 0 Å². The van der Waals surface area contributed by atoms with Gasteiger partial charge in [0.2, 0.25) is 6.29 Å². The molecule has 0 amide bonds. The Balaban J connectivity index is 3.20. The van der Waals surface area contributed by atoms with Crippen molar-refractivity contribution in [3.05, 3.63) is 0 Å². The van der Waals surface area contributed by atoms with E-state index in [1.807, 2.05) is 13.2 Å². The highest BCUT2D eigenvalue weighted by Gasteiger charge is 2.02. The smallest absolute Gasteiger partial charge is 0.201 e. The maximum Gasteiger partial charge on any atom is 0.201 e. The maximum atomic E-state index is 10.1. The summed E-state index contributed by atoms with van der Waals surface area (Å²) in [6, 6.07) is 0. The standard InChI is InChI=1S/C8H15O/c1-3-5-6-8(4-2)7-9/h8H,3-6H2,1-2H3/t8-/m1/s1. The zero-order valence-electron chi connectivity index (χ0n) is 6.31. The molecule has 0 bridgehead atoms. The lowest BCUT2D eigenvalue weighted by Gasteiger charge is -2.02. The van der Waals surface area contributed by atoms with E-state index in [-0.39, 0.29) is 5.92 Å². The van der Waals surface area contributed by atoms with Crippen molar-refractivity contribution in [2.24, 2.45) is 5.92 Å². The van der Waals surface area contributed by atoms with Gasteiger partial charge < -0.3 is 0 Å². The molecule has 0 aliphatic carbocycles. The lowest BCUT2D eigenvalue weighted by molar-refractivity contribution is 0.489. The summed E-state index contributed by atoms with van der Waals surface area (Å²) in [6.45, 7) is 4.17. The van der Waals surface area contributed by atoms with Crippen LogP contribution in [0.1, 0.15) is 39.5 Å². The van der Waals surface area contributed by atoms with Crippen LogP contribution in [0.3, 0.4) is 0 Å². The number of hydrogen-bond acceptors (Lipinski definition) is 1. The fraction of sp³-hybridized carbons (Fsp3) is 0.875. The van der Waals surface area contributed by atoms with Gasteiger partial charge in [0.05, 0.1) is 0 Å². The molecule has 0 N–H and O–H groups in total. The van der Waals surface area contributed by atoms with Gasteiger partial charge in [0.1, 0.15) is 0 Å². The molecule has 1 nitrogen and oxygen atoms in total. The monoisotopic (exact) mass is 127 g/mol. The molecule has 0 aliphatic rings. The quantitative estimate of drug-likeness (QED) is 0.554. The van der Waals surface area contributed by atoms with Gasteiger partial charge in [-0.25, -0.2) is 0 Å². The third kappa shape index (κ3) is 4.19. The van der Waals surface area contributed by atoms with Gasteiger partial charge in [0.25, 0.3) is 0 Å². The van der Waals surface area contributed by atoms with Gasteiger partial charge in [0.15, 0.2) is 0 Å². The summed E-state index contributed by atoms with van der Waals surface area (Å²) in [5.41, 5.74) is 0. The molecule has 9 heavy (non-hydrogen) atoms. The molecule has 0 saturated heterocycles. The molecule has 0 heterocycles. The van der Waals surface area contributed by atoms with Crippen LogP contribution in [0.5, 0.6) is 0 Å². The van der Waals surface area contributed by atoms with Gasteiger partial charge in [-0.15, -0.1) is 0 Å². The van der Waals surface area contributed by atoms with E-state index in [9.17, 15) is 4.79 Å². The first-order valence-electron chi connectivity index (χ1n) is 3.72. The minimum absolute atomic E-state index is 0.199. The summed E-state index contributed by atoms with van der Waals surface area (Å²) in [6.07, 6.45) is 6.35. The van der Waals surface area contributed by atoms with Crippen LogP contribution in [0.15, 0.2) is 0 Å². The number of rotatable bonds is 5. The van der Waals surface area contributed by atoms with Crippen LogP contribution in [0.4, 0.5) is 0 Å². The molecule has 0 saturated carbocycles. The Morgan fingerprint density at radius 3 is 2.44 bits per heavy atom. The molecule has 0 aliphatic heterocycles. The van der Waals surface area contributed by atoms with Crippen LogP contribution < -0.4 is 0 Å². The van der Waals surface area contributed by atoms with Gasteiger partial charge in [-0.3, -0.25) is 4.79 Å². The molecule has 0 aromatic rings. The van der Waals surface area contributed by atoms with E-state index in [0.717, 1.165) is 19.3 Å². The molecule has 0 fully saturated rings. The van der Waals surface area contributed by atoms with Gasteiger partial charge >= 0.3 is 0 Å². The van der Waals surface area contributed by atoms with Crippen LogP contribution >= 0.6 is 0 Å². The molecule has 0 spiro atoms. The Labute approximate surface area is 57.5 Å². The largest absolute Gasteiger partial charge is 0.291 e. The Morgan fingerprint density at radius 2 is 2.11 bits per heavy atom. The van der Waals surface area contributed by atoms with E-state index in [2.05, 4.69) is 6.92 Å². The summed E-state index contributed by atoms with van der Waals surface area (Å²) in [5.74, 6) is 0.199. The summed E-state index contributed by atoms with van der Waals surface area (Å²) in [7, 11) is 0. The summed E-state index contributed by atoms with van der Waals surface area (Å²) in [4.78, 5) is 10.1. The average Bonchev–Trinajstić information content (AvgIpc) is 1.91. The molecular weight excluding hydrogens is 112 g/mol. The van der Waals surface area contributed by atoms with E-state index < -0.39 is 0 Å². The number of hydrogen-bond donors (Lipinski definition) is 0. The predicted octanol–water partition coefficient (Wildman–Crippen LogP) is 2.31. The molecule has 0 unspecified atom stereocenters. The minimum Gasteiger partial charge on any atom is -0.291 e. The molecule has 1 radical (unpaired) electrons. The van der Waals surface area contributed by atoms with Gasteiger partial charge in [-0.1, -0.05) is 26.7 Å². The average molecular weight is 127 g/mol. The normalized spacial score (nSPS) is 13.1.